The number of anilines is 1. The Balaban J connectivity index is 2.64. The van der Waals surface area contributed by atoms with Crippen molar-refractivity contribution in [1.29, 1.82) is 5.26 Å². The van der Waals surface area contributed by atoms with E-state index in [9.17, 15) is 0 Å². The van der Waals surface area contributed by atoms with Crippen LogP contribution in [-0.2, 0) is 0 Å². The van der Waals surface area contributed by atoms with E-state index in [1.807, 2.05) is 36.9 Å². The molecule has 1 N–H and O–H groups in total. The first-order valence-corrected chi connectivity index (χ1v) is 6.80. The van der Waals surface area contributed by atoms with Gasteiger partial charge in [-0.2, -0.15) is 17.0 Å². The summed E-state index contributed by atoms with van der Waals surface area (Å²) in [5, 5.41) is 12.4. The largest absolute Gasteiger partial charge is 0.384 e. The molecule has 1 unspecified atom stereocenters. The SMILES string of the molecule is CSCC(C)CNc1ccc(C)cc1C#N. The van der Waals surface area contributed by atoms with E-state index < -0.39 is 0 Å². The Morgan fingerprint density at radius 3 is 2.88 bits per heavy atom. The monoisotopic (exact) mass is 234 g/mol. The summed E-state index contributed by atoms with van der Waals surface area (Å²) >= 11 is 1.85. The Bertz CT molecular complexity index is 382. The van der Waals surface area contributed by atoms with E-state index in [0.29, 0.717) is 5.92 Å². The van der Waals surface area contributed by atoms with E-state index in [0.717, 1.165) is 29.1 Å². The lowest BCUT2D eigenvalue weighted by atomic mass is 10.1. The summed E-state index contributed by atoms with van der Waals surface area (Å²) in [6.45, 7) is 5.13. The fourth-order valence-corrected chi connectivity index (χ4v) is 2.22. The molecule has 0 aromatic heterocycles. The Kier molecular flexibility index (Phi) is 5.21. The van der Waals surface area contributed by atoms with Crippen molar-refractivity contribution >= 4 is 17.4 Å². The third-order valence-corrected chi connectivity index (χ3v) is 3.29. The van der Waals surface area contributed by atoms with Crippen LogP contribution in [-0.4, -0.2) is 18.6 Å². The average molecular weight is 234 g/mol. The van der Waals surface area contributed by atoms with Crippen molar-refractivity contribution in [2.24, 2.45) is 5.92 Å². The van der Waals surface area contributed by atoms with Gasteiger partial charge in [0.2, 0.25) is 0 Å². The lowest BCUT2D eigenvalue weighted by molar-refractivity contribution is 0.701. The molecule has 0 spiro atoms. The van der Waals surface area contributed by atoms with Crippen molar-refractivity contribution in [3.63, 3.8) is 0 Å². The zero-order valence-electron chi connectivity index (χ0n) is 10.1. The van der Waals surface area contributed by atoms with Gasteiger partial charge in [0.1, 0.15) is 6.07 Å². The van der Waals surface area contributed by atoms with Gasteiger partial charge in [-0.15, -0.1) is 0 Å². The molecule has 86 valence electrons. The first-order valence-electron chi connectivity index (χ1n) is 5.41. The number of thioether (sulfide) groups is 1. The molecule has 0 saturated carbocycles. The summed E-state index contributed by atoms with van der Waals surface area (Å²) in [7, 11) is 0. The zero-order chi connectivity index (χ0) is 12.0. The Labute approximate surface area is 102 Å². The molecule has 3 heteroatoms. The van der Waals surface area contributed by atoms with Gasteiger partial charge in [-0.05, 0) is 42.5 Å². The number of nitrogens with one attached hydrogen (secondary N) is 1. The van der Waals surface area contributed by atoms with Gasteiger partial charge in [0.25, 0.3) is 0 Å². The van der Waals surface area contributed by atoms with E-state index in [-0.39, 0.29) is 0 Å². The third-order valence-electron chi connectivity index (χ3n) is 2.39. The van der Waals surface area contributed by atoms with Gasteiger partial charge in [0, 0.05) is 6.54 Å². The van der Waals surface area contributed by atoms with Crippen LogP contribution >= 0.6 is 11.8 Å². The molecule has 1 aromatic carbocycles. The van der Waals surface area contributed by atoms with Crippen molar-refractivity contribution in [3.05, 3.63) is 29.3 Å². The molecule has 0 heterocycles. The van der Waals surface area contributed by atoms with Crippen LogP contribution in [0, 0.1) is 24.2 Å². The van der Waals surface area contributed by atoms with Crippen molar-refractivity contribution in [2.75, 3.05) is 23.9 Å². The van der Waals surface area contributed by atoms with E-state index in [4.69, 9.17) is 5.26 Å². The minimum absolute atomic E-state index is 0.614. The maximum absolute atomic E-state index is 9.02. The highest BCUT2D eigenvalue weighted by molar-refractivity contribution is 7.98. The van der Waals surface area contributed by atoms with Crippen LogP contribution < -0.4 is 5.32 Å². The number of aryl methyl sites for hydroxylation is 1. The molecule has 16 heavy (non-hydrogen) atoms. The molecule has 1 aromatic rings. The third kappa shape index (κ3) is 3.79. The van der Waals surface area contributed by atoms with Crippen LogP contribution in [0.4, 0.5) is 5.69 Å². The van der Waals surface area contributed by atoms with Gasteiger partial charge in [-0.25, -0.2) is 0 Å². The second-order valence-electron chi connectivity index (χ2n) is 4.10. The fourth-order valence-electron chi connectivity index (χ4n) is 1.53. The fraction of sp³-hybridized carbons (Fsp3) is 0.462. The molecule has 0 aliphatic heterocycles. The van der Waals surface area contributed by atoms with E-state index in [1.165, 1.54) is 0 Å². The highest BCUT2D eigenvalue weighted by atomic mass is 32.2. The number of hydrogen-bond acceptors (Lipinski definition) is 3. The normalized spacial score (nSPS) is 11.9. The molecule has 0 aliphatic carbocycles. The predicted molar refractivity (Wildman–Crippen MR) is 71.9 cm³/mol. The van der Waals surface area contributed by atoms with Crippen LogP contribution in [0.1, 0.15) is 18.1 Å². The van der Waals surface area contributed by atoms with Crippen molar-refractivity contribution < 1.29 is 0 Å². The first-order chi connectivity index (χ1) is 7.67. The Morgan fingerprint density at radius 2 is 2.25 bits per heavy atom. The molecular formula is C13H18N2S. The van der Waals surface area contributed by atoms with Gasteiger partial charge in [0.05, 0.1) is 11.3 Å². The summed E-state index contributed by atoms with van der Waals surface area (Å²) < 4.78 is 0. The number of hydrogen-bond donors (Lipinski definition) is 1. The van der Waals surface area contributed by atoms with Crippen molar-refractivity contribution in [3.8, 4) is 6.07 Å². The van der Waals surface area contributed by atoms with Crippen LogP contribution in [0.2, 0.25) is 0 Å². The second kappa shape index (κ2) is 6.44. The molecule has 0 amide bonds. The maximum atomic E-state index is 9.02. The lowest BCUT2D eigenvalue weighted by Gasteiger charge is -2.13. The molecule has 0 fully saturated rings. The van der Waals surface area contributed by atoms with Crippen LogP contribution in [0.5, 0.6) is 0 Å². The highest BCUT2D eigenvalue weighted by Gasteiger charge is 2.04. The summed E-state index contributed by atoms with van der Waals surface area (Å²) in [5.41, 5.74) is 2.80. The summed E-state index contributed by atoms with van der Waals surface area (Å²) in [6.07, 6.45) is 2.11. The van der Waals surface area contributed by atoms with Gasteiger partial charge >= 0.3 is 0 Å². The van der Waals surface area contributed by atoms with Gasteiger partial charge < -0.3 is 5.32 Å². The van der Waals surface area contributed by atoms with E-state index >= 15 is 0 Å². The van der Waals surface area contributed by atoms with Crippen LogP contribution in [0.25, 0.3) is 0 Å². The molecule has 2 nitrogen and oxygen atoms in total. The molecule has 0 aliphatic rings. The Hall–Kier alpha value is -1.14. The number of nitriles is 1. The van der Waals surface area contributed by atoms with Crippen LogP contribution in [0.15, 0.2) is 18.2 Å². The zero-order valence-corrected chi connectivity index (χ0v) is 10.9. The van der Waals surface area contributed by atoms with Gasteiger partial charge in [-0.3, -0.25) is 0 Å². The smallest absolute Gasteiger partial charge is 0.101 e. The quantitative estimate of drug-likeness (QED) is 0.849. The standard InChI is InChI=1S/C13H18N2S/c1-10-4-5-13(12(6-10)7-14)15-8-11(2)9-16-3/h4-6,11,15H,8-9H2,1-3H3. The van der Waals surface area contributed by atoms with Gasteiger partial charge in [0.15, 0.2) is 0 Å². The molecular weight excluding hydrogens is 216 g/mol. The topological polar surface area (TPSA) is 35.8 Å². The van der Waals surface area contributed by atoms with Crippen molar-refractivity contribution in [1.82, 2.24) is 0 Å². The highest BCUT2D eigenvalue weighted by Crippen LogP contribution is 2.17. The molecule has 0 bridgehead atoms. The number of benzene rings is 1. The number of rotatable bonds is 5. The Morgan fingerprint density at radius 1 is 1.50 bits per heavy atom. The summed E-state index contributed by atoms with van der Waals surface area (Å²) in [6, 6.07) is 8.16. The first kappa shape index (κ1) is 12.9. The molecule has 1 rings (SSSR count). The van der Waals surface area contributed by atoms with Crippen LogP contribution in [0.3, 0.4) is 0 Å². The molecule has 0 saturated heterocycles. The molecule has 0 radical (unpaired) electrons. The maximum Gasteiger partial charge on any atom is 0.101 e. The minimum Gasteiger partial charge on any atom is -0.384 e. The van der Waals surface area contributed by atoms with E-state index in [2.05, 4.69) is 24.6 Å². The average Bonchev–Trinajstić information content (AvgIpc) is 2.27. The van der Waals surface area contributed by atoms with Gasteiger partial charge in [-0.1, -0.05) is 13.0 Å². The van der Waals surface area contributed by atoms with Crippen molar-refractivity contribution in [2.45, 2.75) is 13.8 Å². The van der Waals surface area contributed by atoms with E-state index in [1.54, 1.807) is 0 Å². The summed E-state index contributed by atoms with van der Waals surface area (Å²) in [5.74, 6) is 1.75. The molecule has 1 atom stereocenters. The minimum atomic E-state index is 0.614. The predicted octanol–water partition coefficient (Wildman–Crippen LogP) is 3.28. The lowest BCUT2D eigenvalue weighted by Crippen LogP contribution is -2.13. The summed E-state index contributed by atoms with van der Waals surface area (Å²) in [4.78, 5) is 0. The second-order valence-corrected chi connectivity index (χ2v) is 5.01. The number of nitrogens with zero attached hydrogens (tertiary/aromatic N) is 1.